The van der Waals surface area contributed by atoms with Crippen molar-refractivity contribution >= 4 is 41.0 Å². The molecule has 0 fully saturated rings. The number of ether oxygens (including phenoxy) is 1. The van der Waals surface area contributed by atoms with E-state index in [1.807, 2.05) is 30.0 Å². The second kappa shape index (κ2) is 11.5. The van der Waals surface area contributed by atoms with E-state index in [0.717, 1.165) is 16.8 Å². The lowest BCUT2D eigenvalue weighted by molar-refractivity contribution is -0.148. The van der Waals surface area contributed by atoms with E-state index < -0.39 is 29.8 Å². The normalized spacial score (nSPS) is 13.5. The number of aliphatic hydroxyl groups is 1. The number of aryl methyl sites for hydroxylation is 1. The smallest absolute Gasteiger partial charge is 0.407 e. The van der Waals surface area contributed by atoms with Crippen LogP contribution in [0.15, 0.2) is 18.2 Å². The van der Waals surface area contributed by atoms with Crippen molar-refractivity contribution in [2.75, 3.05) is 29.7 Å². The third-order valence-corrected chi connectivity index (χ3v) is 4.52. The molecule has 7 nitrogen and oxygen atoms in total. The van der Waals surface area contributed by atoms with E-state index in [1.54, 1.807) is 20.8 Å². The molecule has 0 saturated heterocycles. The Morgan fingerprint density at radius 2 is 1.79 bits per heavy atom. The Kier molecular flexibility index (Phi) is 10.0. The van der Waals surface area contributed by atoms with E-state index in [1.165, 1.54) is 0 Å². The number of nitrogens with one attached hydrogen (secondary N) is 1. The van der Waals surface area contributed by atoms with Crippen LogP contribution in [0.5, 0.6) is 0 Å². The van der Waals surface area contributed by atoms with Gasteiger partial charge in [-0.2, -0.15) is 0 Å². The van der Waals surface area contributed by atoms with Crippen molar-refractivity contribution in [3.8, 4) is 0 Å². The van der Waals surface area contributed by atoms with E-state index >= 15 is 0 Å². The number of carbonyl (C=O) groups excluding carboxylic acids is 1. The van der Waals surface area contributed by atoms with Crippen LogP contribution in [0, 0.1) is 6.92 Å². The molecule has 164 valence electrons. The fourth-order valence-electron chi connectivity index (χ4n) is 2.76. The van der Waals surface area contributed by atoms with Gasteiger partial charge in [0.2, 0.25) is 0 Å². The van der Waals surface area contributed by atoms with Crippen LogP contribution in [0.4, 0.5) is 10.5 Å². The molecule has 0 aliphatic heterocycles. The van der Waals surface area contributed by atoms with Crippen molar-refractivity contribution in [1.29, 1.82) is 0 Å². The lowest BCUT2D eigenvalue weighted by Crippen LogP contribution is -2.49. The van der Waals surface area contributed by atoms with Gasteiger partial charge in [0.05, 0.1) is 6.04 Å². The summed E-state index contributed by atoms with van der Waals surface area (Å²) in [7, 11) is 0. The number of carboxylic acid groups (broad SMARTS) is 1. The molecule has 0 aromatic heterocycles. The largest absolute Gasteiger partial charge is 0.479 e. The Balaban J connectivity index is 3.12. The Labute approximate surface area is 181 Å². The van der Waals surface area contributed by atoms with Gasteiger partial charge in [0.25, 0.3) is 0 Å². The molecule has 3 N–H and O–H groups in total. The molecule has 1 unspecified atom stereocenters. The summed E-state index contributed by atoms with van der Waals surface area (Å²) in [4.78, 5) is 25.5. The van der Waals surface area contributed by atoms with Gasteiger partial charge in [0.15, 0.2) is 6.10 Å². The Bertz CT molecular complexity index is 688. The maximum Gasteiger partial charge on any atom is 0.407 e. The molecular weight excluding hydrogens is 419 g/mol. The zero-order valence-corrected chi connectivity index (χ0v) is 18.8. The van der Waals surface area contributed by atoms with Gasteiger partial charge in [-0.3, -0.25) is 0 Å². The van der Waals surface area contributed by atoms with Crippen LogP contribution in [-0.2, 0) is 16.0 Å². The first-order valence-electron chi connectivity index (χ1n) is 9.35. The van der Waals surface area contributed by atoms with Crippen LogP contribution >= 0.6 is 23.2 Å². The summed E-state index contributed by atoms with van der Waals surface area (Å²) in [5, 5.41) is 21.8. The molecule has 2 atom stereocenters. The molecule has 1 rings (SSSR count). The highest BCUT2D eigenvalue weighted by Gasteiger charge is 2.30. The molecule has 1 amide bonds. The van der Waals surface area contributed by atoms with Gasteiger partial charge in [-0.25, -0.2) is 9.59 Å². The minimum absolute atomic E-state index is 0.113. The highest BCUT2D eigenvalue weighted by atomic mass is 35.5. The summed E-state index contributed by atoms with van der Waals surface area (Å²) in [6.07, 6.45) is -2.46. The van der Waals surface area contributed by atoms with Crippen LogP contribution in [-0.4, -0.2) is 64.9 Å². The number of benzene rings is 1. The van der Waals surface area contributed by atoms with Gasteiger partial charge in [-0.1, -0.05) is 6.07 Å². The first-order chi connectivity index (χ1) is 13.5. The van der Waals surface area contributed by atoms with Crippen molar-refractivity contribution < 1.29 is 24.5 Å². The van der Waals surface area contributed by atoms with E-state index in [9.17, 15) is 19.8 Å². The predicted octanol–water partition coefficient (Wildman–Crippen LogP) is 3.16. The molecule has 29 heavy (non-hydrogen) atoms. The number of amides is 1. The first-order valence-corrected chi connectivity index (χ1v) is 10.4. The highest BCUT2D eigenvalue weighted by molar-refractivity contribution is 6.18. The lowest BCUT2D eigenvalue weighted by atomic mass is 9.97. The molecule has 0 radical (unpaired) electrons. The summed E-state index contributed by atoms with van der Waals surface area (Å²) in [6, 6.07) is 4.66. The highest BCUT2D eigenvalue weighted by Crippen LogP contribution is 2.22. The van der Waals surface area contributed by atoms with Crippen molar-refractivity contribution in [2.24, 2.45) is 0 Å². The predicted molar refractivity (Wildman–Crippen MR) is 115 cm³/mol. The fourth-order valence-corrected chi connectivity index (χ4v) is 3.17. The number of nitrogens with zero attached hydrogens (tertiary/aromatic N) is 1. The van der Waals surface area contributed by atoms with Gasteiger partial charge < -0.3 is 25.2 Å². The zero-order valence-electron chi connectivity index (χ0n) is 17.2. The van der Waals surface area contributed by atoms with Gasteiger partial charge in [-0.15, -0.1) is 23.2 Å². The number of alkyl carbamates (subject to hydrolysis) is 1. The Hall–Kier alpha value is -1.70. The van der Waals surface area contributed by atoms with Crippen LogP contribution in [0.25, 0.3) is 0 Å². The molecule has 9 heteroatoms. The zero-order chi connectivity index (χ0) is 22.2. The van der Waals surface area contributed by atoms with Gasteiger partial charge in [0.1, 0.15) is 5.60 Å². The van der Waals surface area contributed by atoms with E-state index in [2.05, 4.69) is 5.32 Å². The number of halogens is 2. The van der Waals surface area contributed by atoms with Gasteiger partial charge in [0, 0.05) is 30.5 Å². The van der Waals surface area contributed by atoms with Crippen molar-refractivity contribution in [3.05, 3.63) is 29.3 Å². The quantitative estimate of drug-likeness (QED) is 0.475. The SMILES string of the molecule is Cc1ccc(N(CCCl)CCCl)cc1C[C@H](NC(=O)OC(C)(C)C)C(O)C(=O)O. The minimum Gasteiger partial charge on any atom is -0.479 e. The van der Waals surface area contributed by atoms with Crippen LogP contribution in [0.2, 0.25) is 0 Å². The maximum absolute atomic E-state index is 12.1. The van der Waals surface area contributed by atoms with E-state index in [4.69, 9.17) is 27.9 Å². The second-order valence-corrected chi connectivity index (χ2v) is 8.47. The molecule has 1 aromatic carbocycles. The van der Waals surface area contributed by atoms with Crippen LogP contribution < -0.4 is 10.2 Å². The number of hydrogen-bond acceptors (Lipinski definition) is 5. The average molecular weight is 449 g/mol. The molecule has 0 spiro atoms. The summed E-state index contributed by atoms with van der Waals surface area (Å²) in [5.74, 6) is -0.563. The number of aliphatic hydroxyl groups excluding tert-OH is 1. The van der Waals surface area contributed by atoms with E-state index in [0.29, 0.717) is 24.8 Å². The number of hydrogen-bond donors (Lipinski definition) is 3. The molecule has 0 bridgehead atoms. The number of alkyl halides is 2. The average Bonchev–Trinajstić information content (AvgIpc) is 2.60. The molecule has 1 aromatic rings. The topological polar surface area (TPSA) is 99.1 Å². The first kappa shape index (κ1) is 25.3. The molecule has 0 aliphatic rings. The molecular formula is C20H30Cl2N2O5. The molecule has 0 aliphatic carbocycles. The maximum atomic E-state index is 12.1. The third-order valence-electron chi connectivity index (χ3n) is 4.18. The second-order valence-electron chi connectivity index (χ2n) is 7.72. The number of carboxylic acids is 1. The van der Waals surface area contributed by atoms with Crippen LogP contribution in [0.1, 0.15) is 31.9 Å². The van der Waals surface area contributed by atoms with Crippen molar-refractivity contribution in [3.63, 3.8) is 0 Å². The standard InChI is InChI=1S/C20H30Cl2N2O5/c1-13-5-6-15(24(9-7-21)10-8-22)11-14(13)12-16(17(25)18(26)27)23-19(28)29-20(2,3)4/h5-6,11,16-17,25H,7-10,12H2,1-4H3,(H,23,28)(H,26,27)/t16-,17?/m0/s1. The fraction of sp³-hybridized carbons (Fsp3) is 0.600. The van der Waals surface area contributed by atoms with Crippen molar-refractivity contribution in [2.45, 2.75) is 51.9 Å². The summed E-state index contributed by atoms with van der Waals surface area (Å²) >= 11 is 11.8. The third kappa shape index (κ3) is 8.68. The molecule has 0 saturated carbocycles. The Morgan fingerprint density at radius 1 is 1.21 bits per heavy atom. The summed E-state index contributed by atoms with van der Waals surface area (Å²) < 4.78 is 5.20. The van der Waals surface area contributed by atoms with Gasteiger partial charge in [-0.05, 0) is 57.4 Å². The molecule has 0 heterocycles. The van der Waals surface area contributed by atoms with Crippen LogP contribution in [0.3, 0.4) is 0 Å². The number of anilines is 1. The summed E-state index contributed by atoms with van der Waals surface area (Å²) in [6.45, 7) is 8.19. The van der Waals surface area contributed by atoms with Crippen molar-refractivity contribution in [1.82, 2.24) is 5.32 Å². The Morgan fingerprint density at radius 3 is 2.28 bits per heavy atom. The van der Waals surface area contributed by atoms with Gasteiger partial charge >= 0.3 is 12.1 Å². The monoisotopic (exact) mass is 448 g/mol. The van der Waals surface area contributed by atoms with E-state index in [-0.39, 0.29) is 6.42 Å². The number of carbonyl (C=O) groups is 2. The number of rotatable bonds is 10. The lowest BCUT2D eigenvalue weighted by Gasteiger charge is -2.27. The minimum atomic E-state index is -1.78. The summed E-state index contributed by atoms with van der Waals surface area (Å²) in [5.41, 5.74) is 1.83. The number of aliphatic carboxylic acids is 1.